The Kier molecular flexibility index (Phi) is 7.48. The van der Waals surface area contributed by atoms with Crippen LogP contribution in [0.25, 0.3) is 0 Å². The number of β-lactam (4-membered cyclic amide) rings is 1. The van der Waals surface area contributed by atoms with Crippen LogP contribution in [-0.4, -0.2) is 64.0 Å². The lowest BCUT2D eigenvalue weighted by Gasteiger charge is -2.49. The van der Waals surface area contributed by atoms with Gasteiger partial charge in [0.05, 0.1) is 6.61 Å². The van der Waals surface area contributed by atoms with Gasteiger partial charge in [0.25, 0.3) is 11.8 Å². The summed E-state index contributed by atoms with van der Waals surface area (Å²) in [4.78, 5) is 39.2. The number of nitrogens with zero attached hydrogens (tertiary/aromatic N) is 1. The standard InChI is InChI=1S/C18H16Cl4N2O5S/c1-28-6-10-7-30-16-12(23-14(25)9-2-4-11(19)5-3-9)15(26)24(16)13(10)17(27)29-8-18(20,21)22/h2-5,12,16H,6-8H2,1H3,(H,23,25)/t12?,16-/m1/s1. The van der Waals surface area contributed by atoms with Crippen molar-refractivity contribution in [3.63, 3.8) is 0 Å². The molecule has 12 heteroatoms. The summed E-state index contributed by atoms with van der Waals surface area (Å²) in [6.07, 6.45) is 0. The molecule has 2 aliphatic heterocycles. The number of nitrogens with one attached hydrogen (secondary N) is 1. The van der Waals surface area contributed by atoms with Crippen LogP contribution in [0.4, 0.5) is 0 Å². The fourth-order valence-electron chi connectivity index (χ4n) is 3.00. The summed E-state index contributed by atoms with van der Waals surface area (Å²) in [6.45, 7) is -0.347. The molecule has 0 radical (unpaired) electrons. The Morgan fingerprint density at radius 2 is 1.93 bits per heavy atom. The molecule has 2 aliphatic rings. The van der Waals surface area contributed by atoms with Gasteiger partial charge in [-0.1, -0.05) is 46.4 Å². The molecule has 7 nitrogen and oxygen atoms in total. The van der Waals surface area contributed by atoms with Crippen molar-refractivity contribution in [2.45, 2.75) is 15.2 Å². The van der Waals surface area contributed by atoms with Gasteiger partial charge in [-0.3, -0.25) is 14.5 Å². The third kappa shape index (κ3) is 5.18. The quantitative estimate of drug-likeness (QED) is 0.357. The van der Waals surface area contributed by atoms with Crippen molar-refractivity contribution in [3.05, 3.63) is 46.1 Å². The Labute approximate surface area is 196 Å². The van der Waals surface area contributed by atoms with Crippen LogP contribution in [0.15, 0.2) is 35.5 Å². The highest BCUT2D eigenvalue weighted by atomic mass is 35.6. The Morgan fingerprint density at radius 3 is 2.53 bits per heavy atom. The lowest BCUT2D eigenvalue weighted by Crippen LogP contribution is -2.70. The van der Waals surface area contributed by atoms with Crippen LogP contribution in [0.5, 0.6) is 0 Å². The van der Waals surface area contributed by atoms with Crippen molar-refractivity contribution in [2.24, 2.45) is 0 Å². The molecule has 162 valence electrons. The average molecular weight is 514 g/mol. The van der Waals surface area contributed by atoms with Crippen LogP contribution in [0, 0.1) is 0 Å². The van der Waals surface area contributed by atoms with E-state index < -0.39 is 39.6 Å². The number of rotatable bonds is 6. The highest BCUT2D eigenvalue weighted by Gasteiger charge is 2.54. The van der Waals surface area contributed by atoms with Gasteiger partial charge in [-0.05, 0) is 29.8 Å². The molecule has 2 heterocycles. The number of methoxy groups -OCH3 is 1. The smallest absolute Gasteiger partial charge is 0.355 e. The second kappa shape index (κ2) is 9.54. The first-order valence-electron chi connectivity index (χ1n) is 8.58. The number of thioether (sulfide) groups is 1. The zero-order valence-electron chi connectivity index (χ0n) is 15.5. The number of carbonyl (C=O) groups is 3. The third-order valence-electron chi connectivity index (χ3n) is 4.32. The van der Waals surface area contributed by atoms with E-state index in [4.69, 9.17) is 55.9 Å². The SMILES string of the molecule is COCC1=C(C(=O)OCC(Cl)(Cl)Cl)N2C(=O)C(NC(=O)c3ccc(Cl)cc3)[C@H]2SC1. The zero-order valence-corrected chi connectivity index (χ0v) is 19.3. The van der Waals surface area contributed by atoms with E-state index >= 15 is 0 Å². The van der Waals surface area contributed by atoms with Gasteiger partial charge in [0.15, 0.2) is 0 Å². The van der Waals surface area contributed by atoms with Gasteiger partial charge in [0.1, 0.15) is 23.7 Å². The molecule has 0 spiro atoms. The average Bonchev–Trinajstić information content (AvgIpc) is 2.69. The molecular formula is C18H16Cl4N2O5S. The van der Waals surface area contributed by atoms with Crippen LogP contribution < -0.4 is 5.32 Å². The zero-order chi connectivity index (χ0) is 22.1. The summed E-state index contributed by atoms with van der Waals surface area (Å²) in [7, 11) is 1.47. The lowest BCUT2D eigenvalue weighted by atomic mass is 10.0. The van der Waals surface area contributed by atoms with Crippen molar-refractivity contribution in [3.8, 4) is 0 Å². The summed E-state index contributed by atoms with van der Waals surface area (Å²) in [6, 6.07) is 5.49. The van der Waals surface area contributed by atoms with Crippen molar-refractivity contribution >= 4 is 75.9 Å². The molecule has 0 aliphatic carbocycles. The first-order chi connectivity index (χ1) is 14.1. The van der Waals surface area contributed by atoms with Crippen LogP contribution in [0.2, 0.25) is 5.02 Å². The topological polar surface area (TPSA) is 84.9 Å². The minimum Gasteiger partial charge on any atom is -0.456 e. The largest absolute Gasteiger partial charge is 0.456 e. The number of carbonyl (C=O) groups excluding carboxylic acids is 3. The summed E-state index contributed by atoms with van der Waals surface area (Å²) in [5, 5.41) is 2.73. The van der Waals surface area contributed by atoms with Crippen LogP contribution in [0.1, 0.15) is 10.4 Å². The number of ether oxygens (including phenoxy) is 2. The van der Waals surface area contributed by atoms with Crippen molar-refractivity contribution in [1.29, 1.82) is 0 Å². The fourth-order valence-corrected chi connectivity index (χ4v) is 4.62. The van der Waals surface area contributed by atoms with Crippen LogP contribution >= 0.6 is 58.2 Å². The summed E-state index contributed by atoms with van der Waals surface area (Å²) in [5.41, 5.74) is 0.991. The van der Waals surface area contributed by atoms with E-state index in [1.54, 1.807) is 24.3 Å². The van der Waals surface area contributed by atoms with E-state index in [0.29, 0.717) is 21.9 Å². The number of halogens is 4. The monoisotopic (exact) mass is 512 g/mol. The van der Waals surface area contributed by atoms with Gasteiger partial charge < -0.3 is 14.8 Å². The maximum absolute atomic E-state index is 12.8. The predicted molar refractivity (Wildman–Crippen MR) is 116 cm³/mol. The molecule has 0 saturated carbocycles. The van der Waals surface area contributed by atoms with Gasteiger partial charge in [-0.25, -0.2) is 4.79 Å². The number of amides is 2. The van der Waals surface area contributed by atoms with Crippen LogP contribution in [-0.2, 0) is 19.1 Å². The number of fused-ring (bicyclic) bond motifs is 1. The molecule has 1 fully saturated rings. The molecule has 1 aromatic carbocycles. The highest BCUT2D eigenvalue weighted by molar-refractivity contribution is 8.00. The lowest BCUT2D eigenvalue weighted by molar-refractivity contribution is -0.151. The molecule has 0 aromatic heterocycles. The molecule has 1 N–H and O–H groups in total. The van der Waals surface area contributed by atoms with Crippen molar-refractivity contribution in [2.75, 3.05) is 26.1 Å². The number of esters is 1. The van der Waals surface area contributed by atoms with Gasteiger partial charge in [0, 0.05) is 23.4 Å². The highest BCUT2D eigenvalue weighted by Crippen LogP contribution is 2.41. The number of benzene rings is 1. The number of alkyl halides is 3. The minimum atomic E-state index is -1.78. The summed E-state index contributed by atoms with van der Waals surface area (Å²) >= 11 is 24.2. The van der Waals surface area contributed by atoms with Gasteiger partial charge in [-0.15, -0.1) is 11.8 Å². The van der Waals surface area contributed by atoms with E-state index in [2.05, 4.69) is 5.32 Å². The molecule has 1 aromatic rings. The molecule has 1 unspecified atom stereocenters. The maximum Gasteiger partial charge on any atom is 0.355 e. The van der Waals surface area contributed by atoms with Crippen molar-refractivity contribution in [1.82, 2.24) is 10.2 Å². The normalized spacial score (nSPS) is 21.1. The molecule has 30 heavy (non-hydrogen) atoms. The van der Waals surface area contributed by atoms with Gasteiger partial charge in [-0.2, -0.15) is 0 Å². The van der Waals surface area contributed by atoms with Crippen LogP contribution in [0.3, 0.4) is 0 Å². The molecule has 2 atom stereocenters. The molecule has 2 amide bonds. The summed E-state index contributed by atoms with van der Waals surface area (Å²) in [5.74, 6) is -1.25. The Morgan fingerprint density at radius 1 is 1.27 bits per heavy atom. The Bertz CT molecular complexity index is 888. The number of hydrogen-bond donors (Lipinski definition) is 1. The molecular weight excluding hydrogens is 498 g/mol. The Balaban J connectivity index is 1.75. The molecule has 3 rings (SSSR count). The first-order valence-corrected chi connectivity index (χ1v) is 11.1. The minimum absolute atomic E-state index is 0.0526. The van der Waals surface area contributed by atoms with Gasteiger partial charge >= 0.3 is 5.97 Å². The molecule has 1 saturated heterocycles. The second-order valence-corrected chi connectivity index (χ2v) is 10.5. The Hall–Kier alpha value is -1.16. The van der Waals surface area contributed by atoms with E-state index in [-0.39, 0.29) is 12.3 Å². The van der Waals surface area contributed by atoms with Gasteiger partial charge in [0.2, 0.25) is 3.79 Å². The maximum atomic E-state index is 12.8. The fraction of sp³-hybridized carbons (Fsp3) is 0.389. The predicted octanol–water partition coefficient (Wildman–Crippen LogP) is 3.17. The number of hydrogen-bond acceptors (Lipinski definition) is 6. The second-order valence-electron chi connectivity index (χ2n) is 6.44. The van der Waals surface area contributed by atoms with E-state index in [1.807, 2.05) is 0 Å². The molecule has 0 bridgehead atoms. The third-order valence-corrected chi connectivity index (χ3v) is 6.24. The van der Waals surface area contributed by atoms with E-state index in [0.717, 1.165) is 0 Å². The first kappa shape index (κ1) is 23.5. The van der Waals surface area contributed by atoms with E-state index in [9.17, 15) is 14.4 Å². The van der Waals surface area contributed by atoms with E-state index in [1.165, 1.54) is 23.8 Å². The summed E-state index contributed by atoms with van der Waals surface area (Å²) < 4.78 is 8.42. The van der Waals surface area contributed by atoms with Crippen molar-refractivity contribution < 1.29 is 23.9 Å².